The highest BCUT2D eigenvalue weighted by atomic mass is 32.2. The summed E-state index contributed by atoms with van der Waals surface area (Å²) < 4.78 is 27.2. The normalized spacial score (nSPS) is 19.0. The Morgan fingerprint density at radius 2 is 1.79 bits per heavy atom. The van der Waals surface area contributed by atoms with Crippen LogP contribution in [0.25, 0.3) is 0 Å². The van der Waals surface area contributed by atoms with E-state index in [1.807, 2.05) is 26.0 Å². The lowest BCUT2D eigenvalue weighted by atomic mass is 9.99. The van der Waals surface area contributed by atoms with Gasteiger partial charge in [0.15, 0.2) is 5.54 Å². The molecule has 1 saturated heterocycles. The monoisotopic (exact) mass is 350 g/mol. The first kappa shape index (κ1) is 18.9. The third-order valence-electron chi connectivity index (χ3n) is 5.19. The Morgan fingerprint density at radius 1 is 1.25 bits per heavy atom. The average molecular weight is 351 g/mol. The summed E-state index contributed by atoms with van der Waals surface area (Å²) in [6.07, 6.45) is 1.03. The Hall–Kier alpha value is -1.42. The van der Waals surface area contributed by atoms with E-state index in [1.165, 1.54) is 5.56 Å². The van der Waals surface area contributed by atoms with Gasteiger partial charge in [0.05, 0.1) is 31.1 Å². The second-order valence-electron chi connectivity index (χ2n) is 7.12. The molecule has 1 aliphatic rings. The smallest absolute Gasteiger partial charge is 0.243 e. The maximum Gasteiger partial charge on any atom is 0.243 e. The van der Waals surface area contributed by atoms with Crippen molar-refractivity contribution in [2.24, 2.45) is 0 Å². The van der Waals surface area contributed by atoms with Gasteiger partial charge in [0.2, 0.25) is 10.0 Å². The minimum absolute atomic E-state index is 0.359. The van der Waals surface area contributed by atoms with E-state index in [0.717, 1.165) is 11.3 Å². The van der Waals surface area contributed by atoms with Crippen LogP contribution in [0.4, 0.5) is 0 Å². The van der Waals surface area contributed by atoms with Crippen molar-refractivity contribution in [1.82, 2.24) is 4.31 Å². The predicted molar refractivity (Wildman–Crippen MR) is 94.3 cm³/mol. The highest BCUT2D eigenvalue weighted by molar-refractivity contribution is 7.89. The van der Waals surface area contributed by atoms with Crippen LogP contribution in [-0.4, -0.2) is 44.4 Å². The molecule has 1 atom stereocenters. The van der Waals surface area contributed by atoms with Crippen LogP contribution in [0.5, 0.6) is 0 Å². The number of nitrogens with one attached hydrogen (secondary N) is 1. The lowest BCUT2D eigenvalue weighted by molar-refractivity contribution is -0.942. The van der Waals surface area contributed by atoms with E-state index in [9.17, 15) is 13.7 Å². The molecule has 5 nitrogen and oxygen atoms in total. The zero-order valence-electron chi connectivity index (χ0n) is 15.0. The van der Waals surface area contributed by atoms with E-state index in [1.54, 1.807) is 16.4 Å². The van der Waals surface area contributed by atoms with Crippen LogP contribution in [-0.2, 0) is 10.0 Å². The number of nitrogens with zero attached hydrogens (tertiary/aromatic N) is 2. The van der Waals surface area contributed by atoms with Gasteiger partial charge in [-0.15, -0.1) is 0 Å². The number of hydrogen-bond acceptors (Lipinski definition) is 3. The van der Waals surface area contributed by atoms with Gasteiger partial charge in [-0.25, -0.2) is 8.42 Å². The highest BCUT2D eigenvalue weighted by Gasteiger charge is 2.37. The fourth-order valence-corrected chi connectivity index (χ4v) is 4.50. The molecule has 0 aliphatic carbocycles. The lowest BCUT2D eigenvalue weighted by Crippen LogP contribution is -3.21. The van der Waals surface area contributed by atoms with Gasteiger partial charge in [-0.1, -0.05) is 26.0 Å². The number of piperazine rings is 1. The summed E-state index contributed by atoms with van der Waals surface area (Å²) >= 11 is 0. The van der Waals surface area contributed by atoms with Crippen molar-refractivity contribution in [1.29, 1.82) is 5.26 Å². The molecule has 2 rings (SSSR count). The first-order chi connectivity index (χ1) is 11.2. The van der Waals surface area contributed by atoms with Crippen molar-refractivity contribution in [3.63, 3.8) is 0 Å². The Labute approximate surface area is 145 Å². The van der Waals surface area contributed by atoms with Gasteiger partial charge in [0, 0.05) is 13.8 Å². The molecule has 1 aromatic carbocycles. The molecule has 0 bridgehead atoms. The Balaban J connectivity index is 2.11. The van der Waals surface area contributed by atoms with Gasteiger partial charge in [-0.05, 0) is 30.0 Å². The molecule has 1 N–H and O–H groups in total. The summed E-state index contributed by atoms with van der Waals surface area (Å²) in [5.74, 6) is 0.433. The molecule has 0 aromatic heterocycles. The zero-order chi connectivity index (χ0) is 18.0. The van der Waals surface area contributed by atoms with Gasteiger partial charge < -0.3 is 4.90 Å². The van der Waals surface area contributed by atoms with Crippen LogP contribution in [0.3, 0.4) is 0 Å². The topological polar surface area (TPSA) is 65.6 Å². The number of benzene rings is 1. The van der Waals surface area contributed by atoms with E-state index in [-0.39, 0.29) is 0 Å². The third kappa shape index (κ3) is 3.80. The number of nitriles is 1. The minimum atomic E-state index is -3.45. The van der Waals surface area contributed by atoms with Gasteiger partial charge in [0.25, 0.3) is 0 Å². The SMILES string of the molecule is CC[C@@H](C)c1ccc(S(=O)(=O)N2CC[NH+](C(C)(C)C#N)CC2)cc1. The molecule has 1 heterocycles. The summed E-state index contributed by atoms with van der Waals surface area (Å²) in [6.45, 7) is 10.3. The molecular weight excluding hydrogens is 322 g/mol. The van der Waals surface area contributed by atoms with Crippen LogP contribution in [0, 0.1) is 11.3 Å². The summed E-state index contributed by atoms with van der Waals surface area (Å²) in [5, 5.41) is 9.24. The zero-order valence-corrected chi connectivity index (χ0v) is 15.9. The molecule has 1 aromatic rings. The maximum atomic E-state index is 12.8. The Kier molecular flexibility index (Phi) is 5.69. The standard InChI is InChI=1S/C18H27N3O2S/c1-5-15(2)16-6-8-17(9-7-16)24(22,23)21-12-10-20(11-13-21)18(3,4)14-19/h6-9,15H,5,10-13H2,1-4H3/p+1/t15-/m1/s1. The van der Waals surface area contributed by atoms with E-state index in [4.69, 9.17) is 0 Å². The molecule has 6 heteroatoms. The van der Waals surface area contributed by atoms with E-state index in [0.29, 0.717) is 37.0 Å². The predicted octanol–water partition coefficient (Wildman–Crippen LogP) is 1.39. The quantitative estimate of drug-likeness (QED) is 0.873. The lowest BCUT2D eigenvalue weighted by Gasteiger charge is -2.37. The third-order valence-corrected chi connectivity index (χ3v) is 7.10. The Bertz CT molecular complexity index is 697. The van der Waals surface area contributed by atoms with Crippen molar-refractivity contribution < 1.29 is 13.3 Å². The van der Waals surface area contributed by atoms with Gasteiger partial charge in [0.1, 0.15) is 6.07 Å². The summed E-state index contributed by atoms with van der Waals surface area (Å²) in [4.78, 5) is 1.50. The molecule has 24 heavy (non-hydrogen) atoms. The highest BCUT2D eigenvalue weighted by Crippen LogP contribution is 2.22. The minimum Gasteiger partial charge on any atom is -0.317 e. The van der Waals surface area contributed by atoms with Gasteiger partial charge in [-0.2, -0.15) is 9.57 Å². The number of rotatable bonds is 5. The first-order valence-electron chi connectivity index (χ1n) is 8.59. The summed E-state index contributed by atoms with van der Waals surface area (Å²) in [6, 6.07) is 9.58. The molecule has 0 saturated carbocycles. The van der Waals surface area contributed by atoms with Crippen LogP contribution in [0.1, 0.15) is 45.6 Å². The molecule has 0 unspecified atom stereocenters. The van der Waals surface area contributed by atoms with E-state index < -0.39 is 15.6 Å². The largest absolute Gasteiger partial charge is 0.317 e. The molecule has 0 amide bonds. The second-order valence-corrected chi connectivity index (χ2v) is 9.06. The van der Waals surface area contributed by atoms with E-state index in [2.05, 4.69) is 19.9 Å². The molecule has 0 radical (unpaired) electrons. The van der Waals surface area contributed by atoms with Crippen molar-refractivity contribution in [3.05, 3.63) is 29.8 Å². The molecule has 1 aliphatic heterocycles. The van der Waals surface area contributed by atoms with Gasteiger partial charge >= 0.3 is 0 Å². The molecule has 1 fully saturated rings. The number of sulfonamides is 1. The second kappa shape index (κ2) is 7.22. The van der Waals surface area contributed by atoms with Crippen LogP contribution in [0.15, 0.2) is 29.2 Å². The number of quaternary nitrogens is 1. The van der Waals surface area contributed by atoms with Gasteiger partial charge in [-0.3, -0.25) is 0 Å². The van der Waals surface area contributed by atoms with Crippen molar-refractivity contribution in [2.75, 3.05) is 26.2 Å². The van der Waals surface area contributed by atoms with Crippen molar-refractivity contribution in [3.8, 4) is 6.07 Å². The fraction of sp³-hybridized carbons (Fsp3) is 0.611. The van der Waals surface area contributed by atoms with Crippen LogP contribution in [0.2, 0.25) is 0 Å². The van der Waals surface area contributed by atoms with Crippen molar-refractivity contribution in [2.45, 2.75) is 50.5 Å². The van der Waals surface area contributed by atoms with E-state index >= 15 is 0 Å². The average Bonchev–Trinajstić information content (AvgIpc) is 2.61. The van der Waals surface area contributed by atoms with Crippen LogP contribution >= 0.6 is 0 Å². The van der Waals surface area contributed by atoms with Crippen LogP contribution < -0.4 is 4.90 Å². The van der Waals surface area contributed by atoms with Crippen molar-refractivity contribution >= 4 is 10.0 Å². The number of hydrogen-bond donors (Lipinski definition) is 1. The molecule has 0 spiro atoms. The first-order valence-corrected chi connectivity index (χ1v) is 10.0. The summed E-state index contributed by atoms with van der Waals surface area (Å²) in [7, 11) is -3.45. The molecule has 132 valence electrons. The fourth-order valence-electron chi connectivity index (χ4n) is 3.05. The molecular formula is C18H28N3O2S+. The summed E-state index contributed by atoms with van der Waals surface area (Å²) in [5.41, 5.74) is 0.690. The Morgan fingerprint density at radius 3 is 2.25 bits per heavy atom. The maximum absolute atomic E-state index is 12.8.